The molecule has 1 fully saturated rings. The molecular formula is C12H19N3O5. The number of hydrogen-bond donors (Lipinski definition) is 2. The Hall–Kier alpha value is -2.12. The second-order valence-corrected chi connectivity index (χ2v) is 5.22. The van der Waals surface area contributed by atoms with Crippen LogP contribution in [-0.4, -0.2) is 64.4 Å². The van der Waals surface area contributed by atoms with E-state index < -0.39 is 17.5 Å². The fraction of sp³-hybridized carbons (Fsp3) is 0.667. The van der Waals surface area contributed by atoms with Crippen LogP contribution in [0.5, 0.6) is 0 Å². The van der Waals surface area contributed by atoms with E-state index in [2.05, 4.69) is 5.32 Å². The van der Waals surface area contributed by atoms with Gasteiger partial charge in [0.25, 0.3) is 5.91 Å². The minimum absolute atomic E-state index is 0.00958. The van der Waals surface area contributed by atoms with E-state index >= 15 is 0 Å². The van der Waals surface area contributed by atoms with Crippen molar-refractivity contribution in [2.24, 2.45) is 0 Å². The molecule has 0 bridgehead atoms. The number of carbonyl (C=O) groups excluding carboxylic acids is 3. The minimum atomic E-state index is -0.986. The summed E-state index contributed by atoms with van der Waals surface area (Å²) in [5.74, 6) is -1.67. The van der Waals surface area contributed by atoms with E-state index in [1.165, 1.54) is 11.9 Å². The van der Waals surface area contributed by atoms with Crippen LogP contribution in [0.4, 0.5) is 4.79 Å². The number of carboxylic acid groups (broad SMARTS) is 1. The van der Waals surface area contributed by atoms with Gasteiger partial charge >= 0.3 is 12.0 Å². The van der Waals surface area contributed by atoms with Crippen molar-refractivity contribution in [2.75, 3.05) is 20.1 Å². The van der Waals surface area contributed by atoms with Crippen LogP contribution in [0.15, 0.2) is 0 Å². The maximum atomic E-state index is 11.9. The molecule has 1 rings (SSSR count). The first-order chi connectivity index (χ1) is 9.15. The molecule has 1 heterocycles. The quantitative estimate of drug-likeness (QED) is 0.648. The number of nitrogens with one attached hydrogen (secondary N) is 1. The van der Waals surface area contributed by atoms with Crippen LogP contribution >= 0.6 is 0 Å². The smallest absolute Gasteiger partial charge is 0.325 e. The lowest BCUT2D eigenvalue weighted by molar-refractivity contribution is -0.138. The van der Waals surface area contributed by atoms with E-state index in [0.717, 1.165) is 4.90 Å². The van der Waals surface area contributed by atoms with Gasteiger partial charge < -0.3 is 15.3 Å². The lowest BCUT2D eigenvalue weighted by atomic mass is 10.1. The zero-order valence-electron chi connectivity index (χ0n) is 11.8. The lowest BCUT2D eigenvalue weighted by Gasteiger charge is -2.19. The Labute approximate surface area is 116 Å². The van der Waals surface area contributed by atoms with Crippen LogP contribution < -0.4 is 5.32 Å². The first kappa shape index (κ1) is 15.9. The van der Waals surface area contributed by atoms with Gasteiger partial charge in [-0.3, -0.25) is 19.3 Å². The van der Waals surface area contributed by atoms with Gasteiger partial charge in [0.15, 0.2) is 0 Å². The molecule has 1 aliphatic rings. The number of rotatable bonds is 6. The Morgan fingerprint density at radius 2 is 1.90 bits per heavy atom. The second-order valence-electron chi connectivity index (χ2n) is 5.22. The molecule has 2 N–H and O–H groups in total. The summed E-state index contributed by atoms with van der Waals surface area (Å²) in [6, 6.07) is -0.513. The molecule has 0 aromatic heterocycles. The SMILES string of the molecule is CN(CCC(=O)O)C(=O)CCN1C(=O)NC(C)(C)C1=O. The fourth-order valence-corrected chi connectivity index (χ4v) is 1.81. The zero-order valence-corrected chi connectivity index (χ0v) is 11.8. The van der Waals surface area contributed by atoms with E-state index in [-0.39, 0.29) is 37.7 Å². The van der Waals surface area contributed by atoms with Gasteiger partial charge in [0.05, 0.1) is 6.42 Å². The minimum Gasteiger partial charge on any atom is -0.481 e. The highest BCUT2D eigenvalue weighted by molar-refractivity contribution is 6.06. The maximum Gasteiger partial charge on any atom is 0.325 e. The number of urea groups is 1. The molecule has 0 spiro atoms. The molecule has 0 unspecified atom stereocenters. The van der Waals surface area contributed by atoms with Crippen molar-refractivity contribution in [1.29, 1.82) is 0 Å². The third-order valence-electron chi connectivity index (χ3n) is 3.08. The molecule has 0 aliphatic carbocycles. The van der Waals surface area contributed by atoms with Gasteiger partial charge in [-0.05, 0) is 13.8 Å². The summed E-state index contributed by atoms with van der Waals surface area (Å²) in [4.78, 5) is 47.9. The number of imide groups is 1. The third kappa shape index (κ3) is 3.69. The monoisotopic (exact) mass is 285 g/mol. The summed E-state index contributed by atoms with van der Waals surface area (Å²) in [7, 11) is 1.49. The first-order valence-corrected chi connectivity index (χ1v) is 6.25. The van der Waals surface area contributed by atoms with Gasteiger partial charge in [-0.25, -0.2) is 4.79 Å². The molecule has 0 radical (unpaired) electrons. The molecule has 1 saturated heterocycles. The molecule has 0 aromatic rings. The van der Waals surface area contributed by atoms with E-state index in [1.54, 1.807) is 13.8 Å². The summed E-state index contributed by atoms with van der Waals surface area (Å²) < 4.78 is 0. The van der Waals surface area contributed by atoms with Crippen LogP contribution in [0, 0.1) is 0 Å². The fourth-order valence-electron chi connectivity index (χ4n) is 1.81. The Balaban J connectivity index is 2.47. The molecule has 0 aromatic carbocycles. The molecule has 4 amide bonds. The number of hydrogen-bond acceptors (Lipinski definition) is 4. The largest absolute Gasteiger partial charge is 0.481 e. The summed E-state index contributed by atoms with van der Waals surface area (Å²) in [6.07, 6.45) is -0.163. The van der Waals surface area contributed by atoms with Crippen LogP contribution in [0.2, 0.25) is 0 Å². The third-order valence-corrected chi connectivity index (χ3v) is 3.08. The summed E-state index contributed by atoms with van der Waals surface area (Å²) in [5, 5.41) is 11.1. The maximum absolute atomic E-state index is 11.9. The Morgan fingerprint density at radius 3 is 2.35 bits per heavy atom. The number of amides is 4. The van der Waals surface area contributed by atoms with E-state index in [4.69, 9.17) is 5.11 Å². The zero-order chi connectivity index (χ0) is 15.5. The van der Waals surface area contributed by atoms with Crippen LogP contribution in [0.3, 0.4) is 0 Å². The van der Waals surface area contributed by atoms with Crippen molar-refractivity contribution in [1.82, 2.24) is 15.1 Å². The summed E-state index contributed by atoms with van der Waals surface area (Å²) in [5.41, 5.74) is -0.949. The lowest BCUT2D eigenvalue weighted by Crippen LogP contribution is -2.41. The molecule has 20 heavy (non-hydrogen) atoms. The molecule has 112 valence electrons. The molecule has 1 aliphatic heterocycles. The average molecular weight is 285 g/mol. The highest BCUT2D eigenvalue weighted by Gasteiger charge is 2.44. The van der Waals surface area contributed by atoms with Gasteiger partial charge in [-0.2, -0.15) is 0 Å². The second kappa shape index (κ2) is 5.89. The standard InChI is InChI=1S/C12H19N3O5/c1-12(2)10(19)15(11(20)13-12)7-4-8(16)14(3)6-5-9(17)18/h4-7H2,1-3H3,(H,13,20)(H,17,18). The molecule has 0 atom stereocenters. The number of carbonyl (C=O) groups is 4. The van der Waals surface area contributed by atoms with Crippen molar-refractivity contribution in [2.45, 2.75) is 32.2 Å². The normalized spacial score (nSPS) is 17.1. The number of carboxylic acids is 1. The van der Waals surface area contributed by atoms with E-state index in [0.29, 0.717) is 0 Å². The molecule has 8 heteroatoms. The van der Waals surface area contributed by atoms with Crippen molar-refractivity contribution in [3.05, 3.63) is 0 Å². The Bertz CT molecular complexity index is 446. The van der Waals surface area contributed by atoms with Gasteiger partial charge in [-0.1, -0.05) is 0 Å². The predicted octanol–water partition coefficient (Wildman–Crippen LogP) is -0.360. The van der Waals surface area contributed by atoms with E-state index in [1.807, 2.05) is 0 Å². The Kier molecular flexibility index (Phi) is 4.69. The highest BCUT2D eigenvalue weighted by Crippen LogP contribution is 2.16. The van der Waals surface area contributed by atoms with Gasteiger partial charge in [0, 0.05) is 26.6 Å². The topological polar surface area (TPSA) is 107 Å². The van der Waals surface area contributed by atoms with Gasteiger partial charge in [0.2, 0.25) is 5.91 Å². The van der Waals surface area contributed by atoms with Crippen molar-refractivity contribution in [3.63, 3.8) is 0 Å². The van der Waals surface area contributed by atoms with E-state index in [9.17, 15) is 19.2 Å². The Morgan fingerprint density at radius 1 is 1.30 bits per heavy atom. The van der Waals surface area contributed by atoms with Crippen molar-refractivity contribution < 1.29 is 24.3 Å². The van der Waals surface area contributed by atoms with Gasteiger partial charge in [0.1, 0.15) is 5.54 Å². The van der Waals surface area contributed by atoms with Crippen LogP contribution in [0.1, 0.15) is 26.7 Å². The average Bonchev–Trinajstić information content (AvgIpc) is 2.53. The summed E-state index contributed by atoms with van der Waals surface area (Å²) in [6.45, 7) is 3.27. The van der Waals surface area contributed by atoms with Crippen LogP contribution in [0.25, 0.3) is 0 Å². The highest BCUT2D eigenvalue weighted by atomic mass is 16.4. The number of aliphatic carboxylic acids is 1. The van der Waals surface area contributed by atoms with Crippen LogP contribution in [-0.2, 0) is 14.4 Å². The van der Waals surface area contributed by atoms with Gasteiger partial charge in [-0.15, -0.1) is 0 Å². The molecular weight excluding hydrogens is 266 g/mol. The summed E-state index contributed by atoms with van der Waals surface area (Å²) >= 11 is 0. The molecule has 0 saturated carbocycles. The van der Waals surface area contributed by atoms with Crippen molar-refractivity contribution >= 4 is 23.8 Å². The first-order valence-electron chi connectivity index (χ1n) is 6.25. The number of nitrogens with zero attached hydrogens (tertiary/aromatic N) is 2. The molecule has 8 nitrogen and oxygen atoms in total. The van der Waals surface area contributed by atoms with Crippen molar-refractivity contribution in [3.8, 4) is 0 Å². The predicted molar refractivity (Wildman–Crippen MR) is 68.8 cm³/mol.